The number of aryl methyl sites for hydroxylation is 1. The summed E-state index contributed by atoms with van der Waals surface area (Å²) in [6.45, 7) is 4.51. The Kier molecular flexibility index (Phi) is 3.02. The molecule has 2 rings (SSSR count). The Morgan fingerprint density at radius 3 is 2.81 bits per heavy atom. The van der Waals surface area contributed by atoms with Crippen LogP contribution in [0.5, 0.6) is 0 Å². The van der Waals surface area contributed by atoms with E-state index in [1.807, 2.05) is 7.05 Å². The summed E-state index contributed by atoms with van der Waals surface area (Å²) in [5, 5.41) is 18.2. The van der Waals surface area contributed by atoms with Gasteiger partial charge in [0.2, 0.25) is 0 Å². The molecule has 1 fully saturated rings. The van der Waals surface area contributed by atoms with Crippen LogP contribution >= 0.6 is 0 Å². The molecule has 1 heterocycles. The van der Waals surface area contributed by atoms with Gasteiger partial charge in [-0.3, -0.25) is 0 Å². The number of hydrogen-bond acceptors (Lipinski definition) is 3. The average molecular weight is 223 g/mol. The average Bonchev–Trinajstić information content (AvgIpc) is 2.63. The van der Waals surface area contributed by atoms with E-state index in [9.17, 15) is 5.11 Å². The zero-order valence-corrected chi connectivity index (χ0v) is 10.3. The zero-order chi connectivity index (χ0) is 11.8. The third-order valence-electron chi connectivity index (χ3n) is 4.02. The molecule has 2 unspecified atom stereocenters. The normalized spacial score (nSPS) is 26.6. The van der Waals surface area contributed by atoms with Gasteiger partial charge in [-0.05, 0) is 24.2 Å². The molecule has 1 aliphatic carbocycles. The Hall–Kier alpha value is -0.900. The third kappa shape index (κ3) is 1.98. The second kappa shape index (κ2) is 4.17. The van der Waals surface area contributed by atoms with Crippen LogP contribution in [0, 0.1) is 11.3 Å². The fraction of sp³-hybridized carbons (Fsp3) is 0.833. The van der Waals surface area contributed by atoms with Crippen molar-refractivity contribution in [1.82, 2.24) is 15.0 Å². The highest BCUT2D eigenvalue weighted by Crippen LogP contribution is 2.46. The lowest BCUT2D eigenvalue weighted by Gasteiger charge is -2.41. The first-order valence-electron chi connectivity index (χ1n) is 6.05. The summed E-state index contributed by atoms with van der Waals surface area (Å²) in [5.41, 5.74) is 1.04. The quantitative estimate of drug-likeness (QED) is 0.835. The highest BCUT2D eigenvalue weighted by Gasteiger charge is 2.38. The lowest BCUT2D eigenvalue weighted by Crippen LogP contribution is -2.33. The highest BCUT2D eigenvalue weighted by atomic mass is 16.3. The van der Waals surface area contributed by atoms with Crippen LogP contribution in [0.4, 0.5) is 0 Å². The number of nitrogens with zero attached hydrogens (tertiary/aromatic N) is 3. The molecule has 2 atom stereocenters. The van der Waals surface area contributed by atoms with Crippen molar-refractivity contribution >= 4 is 0 Å². The standard InChI is InChI=1S/C12H21N3O/c1-12(2)7-5-4-6-9(12)11(16)10-8-13-14-15(10)3/h8-9,11,16H,4-7H2,1-3H3. The van der Waals surface area contributed by atoms with E-state index in [1.165, 1.54) is 19.3 Å². The maximum absolute atomic E-state index is 10.4. The van der Waals surface area contributed by atoms with Crippen LogP contribution < -0.4 is 0 Å². The van der Waals surface area contributed by atoms with Gasteiger partial charge in [-0.1, -0.05) is 31.9 Å². The van der Waals surface area contributed by atoms with E-state index in [2.05, 4.69) is 24.2 Å². The van der Waals surface area contributed by atoms with Crippen molar-refractivity contribution < 1.29 is 5.11 Å². The Labute approximate surface area is 96.7 Å². The van der Waals surface area contributed by atoms with Gasteiger partial charge in [0.1, 0.15) is 6.10 Å². The summed E-state index contributed by atoms with van der Waals surface area (Å²) in [7, 11) is 1.83. The van der Waals surface area contributed by atoms with Gasteiger partial charge < -0.3 is 5.11 Å². The van der Waals surface area contributed by atoms with E-state index in [1.54, 1.807) is 10.9 Å². The summed E-state index contributed by atoms with van der Waals surface area (Å²) >= 11 is 0. The topological polar surface area (TPSA) is 50.9 Å². The molecule has 0 aromatic carbocycles. The number of aliphatic hydroxyl groups is 1. The van der Waals surface area contributed by atoms with Crippen molar-refractivity contribution in [2.24, 2.45) is 18.4 Å². The van der Waals surface area contributed by atoms with Crippen LogP contribution in [0.1, 0.15) is 51.3 Å². The van der Waals surface area contributed by atoms with Gasteiger partial charge in [0.25, 0.3) is 0 Å². The molecule has 0 spiro atoms. The number of hydrogen-bond donors (Lipinski definition) is 1. The van der Waals surface area contributed by atoms with E-state index in [4.69, 9.17) is 0 Å². The van der Waals surface area contributed by atoms with Gasteiger partial charge in [-0.15, -0.1) is 5.10 Å². The largest absolute Gasteiger partial charge is 0.386 e. The highest BCUT2D eigenvalue weighted by molar-refractivity contribution is 5.03. The molecule has 1 saturated carbocycles. The zero-order valence-electron chi connectivity index (χ0n) is 10.3. The molecule has 1 aliphatic rings. The molecule has 1 aromatic rings. The molecule has 90 valence electrons. The first-order chi connectivity index (χ1) is 7.52. The van der Waals surface area contributed by atoms with Crippen LogP contribution in [0.15, 0.2) is 6.20 Å². The molecular formula is C12H21N3O. The second-order valence-electron chi connectivity index (χ2n) is 5.57. The molecule has 16 heavy (non-hydrogen) atoms. The minimum atomic E-state index is -0.435. The van der Waals surface area contributed by atoms with Crippen LogP contribution in [0.25, 0.3) is 0 Å². The van der Waals surface area contributed by atoms with Crippen molar-refractivity contribution in [3.8, 4) is 0 Å². The minimum absolute atomic E-state index is 0.210. The SMILES string of the molecule is Cn1nncc1C(O)C1CCCCC1(C)C. The summed E-state index contributed by atoms with van der Waals surface area (Å²) in [6.07, 6.45) is 6.03. The van der Waals surface area contributed by atoms with Crippen molar-refractivity contribution in [1.29, 1.82) is 0 Å². The van der Waals surface area contributed by atoms with Crippen LogP contribution in [-0.4, -0.2) is 20.1 Å². The van der Waals surface area contributed by atoms with E-state index in [-0.39, 0.29) is 5.41 Å². The first kappa shape index (κ1) is 11.6. The summed E-state index contributed by atoms with van der Waals surface area (Å²) in [5.74, 6) is 0.318. The second-order valence-corrected chi connectivity index (χ2v) is 5.57. The number of aliphatic hydroxyl groups excluding tert-OH is 1. The van der Waals surface area contributed by atoms with E-state index < -0.39 is 6.10 Å². The summed E-state index contributed by atoms with van der Waals surface area (Å²) in [6, 6.07) is 0. The van der Waals surface area contributed by atoms with Crippen LogP contribution in [0.3, 0.4) is 0 Å². The molecule has 4 heteroatoms. The maximum atomic E-state index is 10.4. The first-order valence-corrected chi connectivity index (χ1v) is 6.05. The molecule has 0 amide bonds. The molecule has 1 aromatic heterocycles. The van der Waals surface area contributed by atoms with Gasteiger partial charge in [0.05, 0.1) is 11.9 Å². The monoisotopic (exact) mass is 223 g/mol. The minimum Gasteiger partial charge on any atom is -0.386 e. The number of rotatable bonds is 2. The van der Waals surface area contributed by atoms with E-state index in [0.29, 0.717) is 5.92 Å². The Bertz CT molecular complexity index is 359. The van der Waals surface area contributed by atoms with Gasteiger partial charge in [0.15, 0.2) is 0 Å². The Morgan fingerprint density at radius 1 is 1.50 bits per heavy atom. The molecule has 1 N–H and O–H groups in total. The fourth-order valence-corrected chi connectivity index (χ4v) is 2.88. The smallest absolute Gasteiger partial charge is 0.101 e. The van der Waals surface area contributed by atoms with Gasteiger partial charge in [0, 0.05) is 7.05 Å². The summed E-state index contributed by atoms with van der Waals surface area (Å²) in [4.78, 5) is 0. The Morgan fingerprint density at radius 2 is 2.25 bits per heavy atom. The van der Waals surface area contributed by atoms with Crippen molar-refractivity contribution in [2.45, 2.75) is 45.6 Å². The molecule has 0 radical (unpaired) electrons. The fourth-order valence-electron chi connectivity index (χ4n) is 2.88. The maximum Gasteiger partial charge on any atom is 0.101 e. The lowest BCUT2D eigenvalue weighted by atomic mass is 9.66. The predicted octanol–water partition coefficient (Wildman–Crippen LogP) is 2.06. The van der Waals surface area contributed by atoms with E-state index >= 15 is 0 Å². The van der Waals surface area contributed by atoms with Crippen molar-refractivity contribution in [3.05, 3.63) is 11.9 Å². The molecule has 4 nitrogen and oxygen atoms in total. The van der Waals surface area contributed by atoms with Gasteiger partial charge in [-0.2, -0.15) is 0 Å². The lowest BCUT2D eigenvalue weighted by molar-refractivity contribution is -0.000535. The molecule has 0 saturated heterocycles. The summed E-state index contributed by atoms with van der Waals surface area (Å²) < 4.78 is 1.68. The molecular weight excluding hydrogens is 202 g/mol. The van der Waals surface area contributed by atoms with Crippen molar-refractivity contribution in [2.75, 3.05) is 0 Å². The molecule has 0 bridgehead atoms. The van der Waals surface area contributed by atoms with Gasteiger partial charge >= 0.3 is 0 Å². The molecule has 0 aliphatic heterocycles. The van der Waals surface area contributed by atoms with Crippen LogP contribution in [0.2, 0.25) is 0 Å². The number of aromatic nitrogens is 3. The van der Waals surface area contributed by atoms with Crippen molar-refractivity contribution in [3.63, 3.8) is 0 Å². The Balaban J connectivity index is 2.20. The van der Waals surface area contributed by atoms with E-state index in [0.717, 1.165) is 12.1 Å². The third-order valence-corrected chi connectivity index (χ3v) is 4.02. The van der Waals surface area contributed by atoms with Gasteiger partial charge in [-0.25, -0.2) is 4.68 Å². The predicted molar refractivity (Wildman–Crippen MR) is 61.7 cm³/mol. The van der Waals surface area contributed by atoms with Crippen LogP contribution in [-0.2, 0) is 7.05 Å².